The van der Waals surface area contributed by atoms with Gasteiger partial charge < -0.3 is 9.84 Å². The van der Waals surface area contributed by atoms with Gasteiger partial charge in [-0.2, -0.15) is 0 Å². The first kappa shape index (κ1) is 14.3. The molecule has 98 valence electrons. The molecular weight excluding hydrogens is 290 g/mol. The van der Waals surface area contributed by atoms with Gasteiger partial charge >= 0.3 is 12.1 Å². The summed E-state index contributed by atoms with van der Waals surface area (Å²) in [5.74, 6) is -1.01. The lowest BCUT2D eigenvalue weighted by atomic mass is 10.00. The van der Waals surface area contributed by atoms with E-state index in [2.05, 4.69) is 15.9 Å². The molecule has 1 heterocycles. The molecule has 0 aromatic rings. The molecule has 0 bridgehead atoms. The van der Waals surface area contributed by atoms with E-state index in [9.17, 15) is 14.7 Å². The van der Waals surface area contributed by atoms with E-state index in [0.717, 1.165) is 0 Å². The standard InChI is InChI=1S/C11H18BrNO4/c1-10(2,3)17-9(16)13-6-7(12)5-11(13,4)8(14)15/h7H,5-6H2,1-4H3,(H,14,15). The lowest BCUT2D eigenvalue weighted by molar-refractivity contribution is -0.148. The second kappa shape index (κ2) is 4.48. The molecule has 5 nitrogen and oxygen atoms in total. The number of hydrogen-bond donors (Lipinski definition) is 1. The van der Waals surface area contributed by atoms with Crippen molar-refractivity contribution < 1.29 is 19.4 Å². The first-order valence-corrected chi connectivity index (χ1v) is 6.36. The van der Waals surface area contributed by atoms with Gasteiger partial charge in [0.2, 0.25) is 0 Å². The van der Waals surface area contributed by atoms with Gasteiger partial charge in [-0.05, 0) is 34.1 Å². The normalized spacial score (nSPS) is 29.2. The molecule has 0 spiro atoms. The Hall–Kier alpha value is -0.780. The van der Waals surface area contributed by atoms with E-state index in [1.54, 1.807) is 27.7 Å². The van der Waals surface area contributed by atoms with Crippen molar-refractivity contribution in [3.05, 3.63) is 0 Å². The molecule has 0 radical (unpaired) electrons. The summed E-state index contributed by atoms with van der Waals surface area (Å²) in [5, 5.41) is 9.24. The fourth-order valence-electron chi connectivity index (χ4n) is 1.80. The van der Waals surface area contributed by atoms with Crippen molar-refractivity contribution in [3.63, 3.8) is 0 Å². The Labute approximate surface area is 109 Å². The van der Waals surface area contributed by atoms with E-state index in [1.807, 2.05) is 0 Å². The Morgan fingerprint density at radius 2 is 2.00 bits per heavy atom. The summed E-state index contributed by atoms with van der Waals surface area (Å²) in [6.45, 7) is 7.15. The zero-order valence-electron chi connectivity index (χ0n) is 10.5. The minimum absolute atomic E-state index is 0.0175. The van der Waals surface area contributed by atoms with Crippen molar-refractivity contribution >= 4 is 28.0 Å². The second-order valence-corrected chi connectivity index (χ2v) is 6.77. The van der Waals surface area contributed by atoms with Crippen LogP contribution in [0, 0.1) is 0 Å². The Balaban J connectivity index is 2.88. The number of carboxylic acids is 1. The SMILES string of the molecule is CC(C)(C)OC(=O)N1CC(Br)CC1(C)C(=O)O. The molecule has 17 heavy (non-hydrogen) atoms. The van der Waals surface area contributed by atoms with Crippen LogP contribution in [-0.2, 0) is 9.53 Å². The monoisotopic (exact) mass is 307 g/mol. The molecule has 1 aliphatic rings. The summed E-state index contributed by atoms with van der Waals surface area (Å²) in [4.78, 5) is 24.5. The Bertz CT molecular complexity index is 339. The van der Waals surface area contributed by atoms with Gasteiger partial charge in [-0.25, -0.2) is 9.59 Å². The summed E-state index contributed by atoms with van der Waals surface area (Å²) in [7, 11) is 0. The third-order valence-corrected chi connectivity index (χ3v) is 3.28. The predicted molar refractivity (Wildman–Crippen MR) is 66.3 cm³/mol. The first-order chi connectivity index (χ1) is 7.56. The van der Waals surface area contributed by atoms with E-state index < -0.39 is 23.2 Å². The number of nitrogens with zero attached hydrogens (tertiary/aromatic N) is 1. The van der Waals surface area contributed by atoms with Crippen LogP contribution in [0.4, 0.5) is 4.79 Å². The number of aliphatic carboxylic acids is 1. The number of hydrogen-bond acceptors (Lipinski definition) is 3. The van der Waals surface area contributed by atoms with Crippen LogP contribution < -0.4 is 0 Å². The molecule has 2 unspecified atom stereocenters. The summed E-state index contributed by atoms with van der Waals surface area (Å²) in [5.41, 5.74) is -1.82. The zero-order valence-corrected chi connectivity index (χ0v) is 12.1. The lowest BCUT2D eigenvalue weighted by Gasteiger charge is -2.32. The molecule has 1 rings (SSSR count). The maximum atomic E-state index is 11.9. The molecule has 1 aliphatic heterocycles. The number of rotatable bonds is 1. The fourth-order valence-corrected chi connectivity index (χ4v) is 2.72. The molecule has 1 saturated heterocycles. The van der Waals surface area contributed by atoms with Crippen molar-refractivity contribution in [3.8, 4) is 0 Å². The number of likely N-dealkylation sites (tertiary alicyclic amines) is 1. The molecule has 2 atom stereocenters. The highest BCUT2D eigenvalue weighted by atomic mass is 79.9. The quantitative estimate of drug-likeness (QED) is 0.754. The average molecular weight is 308 g/mol. The van der Waals surface area contributed by atoms with Crippen LogP contribution in [0.15, 0.2) is 0 Å². The van der Waals surface area contributed by atoms with Gasteiger partial charge in [0.15, 0.2) is 0 Å². The van der Waals surface area contributed by atoms with Crippen molar-refractivity contribution in [1.29, 1.82) is 0 Å². The number of carbonyl (C=O) groups is 2. The highest BCUT2D eigenvalue weighted by Crippen LogP contribution is 2.34. The first-order valence-electron chi connectivity index (χ1n) is 5.44. The molecule has 6 heteroatoms. The largest absolute Gasteiger partial charge is 0.480 e. The third-order valence-electron chi connectivity index (χ3n) is 2.67. The topological polar surface area (TPSA) is 66.8 Å². The van der Waals surface area contributed by atoms with Crippen molar-refractivity contribution in [2.75, 3.05) is 6.54 Å². The van der Waals surface area contributed by atoms with E-state index in [-0.39, 0.29) is 4.83 Å². The molecule has 1 fully saturated rings. The summed E-state index contributed by atoms with van der Waals surface area (Å²) < 4.78 is 5.22. The van der Waals surface area contributed by atoms with Crippen LogP contribution >= 0.6 is 15.9 Å². The van der Waals surface area contributed by atoms with Crippen LogP contribution in [0.25, 0.3) is 0 Å². The number of carbonyl (C=O) groups excluding carboxylic acids is 1. The Morgan fingerprint density at radius 3 is 2.41 bits per heavy atom. The molecular formula is C11H18BrNO4. The number of amides is 1. The van der Waals surface area contributed by atoms with Gasteiger partial charge in [0.05, 0.1) is 0 Å². The number of carboxylic acid groups (broad SMARTS) is 1. The molecule has 1 N–H and O–H groups in total. The number of ether oxygens (including phenoxy) is 1. The van der Waals surface area contributed by atoms with Crippen molar-refractivity contribution in [1.82, 2.24) is 4.90 Å². The predicted octanol–water partition coefficient (Wildman–Crippen LogP) is 2.23. The van der Waals surface area contributed by atoms with E-state index >= 15 is 0 Å². The fraction of sp³-hybridized carbons (Fsp3) is 0.818. The molecule has 0 aliphatic carbocycles. The van der Waals surface area contributed by atoms with Crippen molar-refractivity contribution in [2.45, 2.75) is 50.1 Å². The van der Waals surface area contributed by atoms with Crippen molar-refractivity contribution in [2.24, 2.45) is 0 Å². The highest BCUT2D eigenvalue weighted by molar-refractivity contribution is 9.09. The summed E-state index contributed by atoms with van der Waals surface area (Å²) in [6.07, 6.45) is -0.203. The van der Waals surface area contributed by atoms with Crippen LogP contribution in [0.1, 0.15) is 34.1 Å². The third kappa shape index (κ3) is 3.12. The molecule has 0 aromatic carbocycles. The van der Waals surface area contributed by atoms with Crippen LogP contribution in [-0.4, -0.2) is 44.6 Å². The molecule has 0 saturated carbocycles. The minimum atomic E-state index is -1.20. The Morgan fingerprint density at radius 1 is 1.47 bits per heavy atom. The zero-order chi connectivity index (χ0) is 13.4. The average Bonchev–Trinajstić information content (AvgIpc) is 2.40. The van der Waals surface area contributed by atoms with Gasteiger partial charge in [0.25, 0.3) is 0 Å². The molecule has 0 aromatic heterocycles. The molecule has 1 amide bonds. The maximum absolute atomic E-state index is 11.9. The van der Waals surface area contributed by atoms with E-state index in [4.69, 9.17) is 4.74 Å². The highest BCUT2D eigenvalue weighted by Gasteiger charge is 2.50. The van der Waals surface area contributed by atoms with Gasteiger partial charge in [-0.15, -0.1) is 0 Å². The Kier molecular flexibility index (Phi) is 3.76. The van der Waals surface area contributed by atoms with Gasteiger partial charge in [-0.3, -0.25) is 4.90 Å². The number of alkyl halides is 1. The van der Waals surface area contributed by atoms with Gasteiger partial charge in [0, 0.05) is 11.4 Å². The second-order valence-electron chi connectivity index (χ2n) is 5.47. The number of halogens is 1. The van der Waals surface area contributed by atoms with Gasteiger partial charge in [-0.1, -0.05) is 15.9 Å². The minimum Gasteiger partial charge on any atom is -0.480 e. The van der Waals surface area contributed by atoms with Crippen LogP contribution in [0.2, 0.25) is 0 Å². The van der Waals surface area contributed by atoms with E-state index in [1.165, 1.54) is 4.90 Å². The van der Waals surface area contributed by atoms with E-state index in [0.29, 0.717) is 13.0 Å². The van der Waals surface area contributed by atoms with Gasteiger partial charge in [0.1, 0.15) is 11.1 Å². The van der Waals surface area contributed by atoms with Crippen LogP contribution in [0.3, 0.4) is 0 Å². The summed E-state index contributed by atoms with van der Waals surface area (Å²) >= 11 is 3.36. The maximum Gasteiger partial charge on any atom is 0.411 e. The smallest absolute Gasteiger partial charge is 0.411 e. The lowest BCUT2D eigenvalue weighted by Crippen LogP contribution is -2.52. The van der Waals surface area contributed by atoms with Crippen LogP contribution in [0.5, 0.6) is 0 Å². The summed E-state index contributed by atoms with van der Waals surface area (Å²) in [6, 6.07) is 0.